The van der Waals surface area contributed by atoms with Crippen LogP contribution < -0.4 is 10.1 Å². The predicted octanol–water partition coefficient (Wildman–Crippen LogP) is 4.20. The van der Waals surface area contributed by atoms with Crippen molar-refractivity contribution in [3.05, 3.63) is 83.8 Å². The monoisotopic (exact) mass is 415 g/mol. The third-order valence-corrected chi connectivity index (χ3v) is 5.08. The molecular formula is C24H25N5O2. The fraction of sp³-hybridized carbons (Fsp3) is 0.250. The van der Waals surface area contributed by atoms with Crippen molar-refractivity contribution in [1.82, 2.24) is 20.1 Å². The predicted molar refractivity (Wildman–Crippen MR) is 120 cm³/mol. The summed E-state index contributed by atoms with van der Waals surface area (Å²) in [5.74, 6) is 1.32. The van der Waals surface area contributed by atoms with E-state index in [-0.39, 0.29) is 6.03 Å². The Morgan fingerprint density at radius 1 is 1.06 bits per heavy atom. The van der Waals surface area contributed by atoms with Crippen molar-refractivity contribution in [3.63, 3.8) is 0 Å². The van der Waals surface area contributed by atoms with Gasteiger partial charge >= 0.3 is 6.03 Å². The maximum absolute atomic E-state index is 12.4. The molecule has 31 heavy (non-hydrogen) atoms. The highest BCUT2D eigenvalue weighted by atomic mass is 16.5. The average Bonchev–Trinajstić information content (AvgIpc) is 2.81. The molecule has 0 unspecified atom stereocenters. The van der Waals surface area contributed by atoms with Crippen LogP contribution in [0, 0.1) is 0 Å². The number of nitrogens with zero attached hydrogens (tertiary/aromatic N) is 4. The van der Waals surface area contributed by atoms with Gasteiger partial charge in [0.15, 0.2) is 5.82 Å². The van der Waals surface area contributed by atoms with E-state index >= 15 is 0 Å². The largest absolute Gasteiger partial charge is 0.493 e. The van der Waals surface area contributed by atoms with Gasteiger partial charge < -0.3 is 9.64 Å². The van der Waals surface area contributed by atoms with Gasteiger partial charge in [0, 0.05) is 37.6 Å². The fourth-order valence-corrected chi connectivity index (χ4v) is 3.45. The molecule has 7 heteroatoms. The minimum absolute atomic E-state index is 0.136. The summed E-state index contributed by atoms with van der Waals surface area (Å²) < 4.78 is 5.90. The topological polar surface area (TPSA) is 80.2 Å². The van der Waals surface area contributed by atoms with Crippen LogP contribution in [-0.2, 0) is 6.42 Å². The number of anilines is 1. The van der Waals surface area contributed by atoms with Crippen LogP contribution >= 0.6 is 0 Å². The third kappa shape index (κ3) is 6.12. The van der Waals surface area contributed by atoms with E-state index in [0.29, 0.717) is 25.5 Å². The number of benzene rings is 1. The molecule has 3 aromatic rings. The molecule has 158 valence electrons. The molecule has 1 aromatic carbocycles. The van der Waals surface area contributed by atoms with Crippen LogP contribution in [0.1, 0.15) is 24.1 Å². The Morgan fingerprint density at radius 2 is 1.97 bits per heavy atom. The Balaban J connectivity index is 1.27. The first kappa shape index (κ1) is 20.5. The van der Waals surface area contributed by atoms with Crippen molar-refractivity contribution in [2.24, 2.45) is 0 Å². The summed E-state index contributed by atoms with van der Waals surface area (Å²) in [6, 6.07) is 17.3. The lowest BCUT2D eigenvalue weighted by molar-refractivity contribution is 0.207. The zero-order chi connectivity index (χ0) is 21.3. The Morgan fingerprint density at radius 3 is 2.74 bits per heavy atom. The fourth-order valence-electron chi connectivity index (χ4n) is 3.45. The Labute approximate surface area is 181 Å². The summed E-state index contributed by atoms with van der Waals surface area (Å²) in [4.78, 5) is 18.5. The van der Waals surface area contributed by atoms with Crippen molar-refractivity contribution in [2.75, 3.05) is 25.0 Å². The number of piperidine rings is 1. The van der Waals surface area contributed by atoms with E-state index in [1.165, 1.54) is 5.57 Å². The first-order chi connectivity index (χ1) is 15.3. The van der Waals surface area contributed by atoms with Gasteiger partial charge in [-0.15, -0.1) is 5.10 Å². The number of hydrogen-bond acceptors (Lipinski definition) is 5. The molecule has 4 rings (SSSR count). The van der Waals surface area contributed by atoms with Crippen LogP contribution in [0.3, 0.4) is 0 Å². The number of nitrogens with one attached hydrogen (secondary N) is 1. The number of carbonyl (C=O) groups is 1. The smallest absolute Gasteiger partial charge is 0.323 e. The van der Waals surface area contributed by atoms with E-state index in [1.54, 1.807) is 24.5 Å². The number of pyridine rings is 1. The number of aromatic nitrogens is 3. The maximum atomic E-state index is 12.4. The van der Waals surface area contributed by atoms with E-state index < -0.39 is 0 Å². The van der Waals surface area contributed by atoms with Crippen LogP contribution in [0.25, 0.3) is 6.08 Å². The molecule has 0 radical (unpaired) electrons. The van der Waals surface area contributed by atoms with Crippen LogP contribution in [0.15, 0.2) is 72.6 Å². The highest BCUT2D eigenvalue weighted by Crippen LogP contribution is 2.22. The molecule has 0 atom stereocenters. The van der Waals surface area contributed by atoms with E-state index in [4.69, 9.17) is 4.74 Å². The lowest BCUT2D eigenvalue weighted by Crippen LogP contribution is -2.39. The summed E-state index contributed by atoms with van der Waals surface area (Å²) >= 11 is 0. The van der Waals surface area contributed by atoms with Crippen LogP contribution in [0.2, 0.25) is 0 Å². The summed E-state index contributed by atoms with van der Waals surface area (Å²) in [6.07, 6.45) is 8.04. The van der Waals surface area contributed by atoms with Gasteiger partial charge in [-0.25, -0.2) is 4.79 Å². The van der Waals surface area contributed by atoms with Crippen LogP contribution in [0.4, 0.5) is 10.6 Å². The zero-order valence-electron chi connectivity index (χ0n) is 17.3. The molecule has 1 saturated heterocycles. The Kier molecular flexibility index (Phi) is 6.85. The molecule has 3 heterocycles. The first-order valence-corrected chi connectivity index (χ1v) is 10.4. The molecule has 0 aliphatic carbocycles. The second kappa shape index (κ2) is 10.3. The highest BCUT2D eigenvalue weighted by Gasteiger charge is 2.19. The number of rotatable bonds is 6. The Bertz CT molecular complexity index is 1010. The minimum Gasteiger partial charge on any atom is -0.493 e. The van der Waals surface area contributed by atoms with Gasteiger partial charge in [0.1, 0.15) is 5.75 Å². The van der Waals surface area contributed by atoms with Gasteiger partial charge in [0.2, 0.25) is 0 Å². The molecule has 1 aliphatic rings. The second-order valence-electron chi connectivity index (χ2n) is 7.32. The van der Waals surface area contributed by atoms with Crippen LogP contribution in [-0.4, -0.2) is 45.8 Å². The first-order valence-electron chi connectivity index (χ1n) is 10.4. The van der Waals surface area contributed by atoms with E-state index in [2.05, 4.69) is 38.7 Å². The average molecular weight is 415 g/mol. The number of amides is 2. The molecule has 1 fully saturated rings. The van der Waals surface area contributed by atoms with Crippen molar-refractivity contribution in [2.45, 2.75) is 19.3 Å². The van der Waals surface area contributed by atoms with E-state index in [9.17, 15) is 4.79 Å². The van der Waals surface area contributed by atoms with E-state index in [1.807, 2.05) is 35.2 Å². The summed E-state index contributed by atoms with van der Waals surface area (Å²) in [5, 5.41) is 10.5. The molecule has 0 spiro atoms. The number of ether oxygens (including phenoxy) is 1. The molecule has 0 bridgehead atoms. The second-order valence-corrected chi connectivity index (χ2v) is 7.32. The van der Waals surface area contributed by atoms with Gasteiger partial charge in [-0.1, -0.05) is 29.8 Å². The zero-order valence-corrected chi connectivity index (χ0v) is 17.3. The van der Waals surface area contributed by atoms with Crippen molar-refractivity contribution >= 4 is 17.9 Å². The molecule has 1 aliphatic heterocycles. The molecule has 2 amide bonds. The lowest BCUT2D eigenvalue weighted by Gasteiger charge is -2.28. The van der Waals surface area contributed by atoms with Crippen molar-refractivity contribution < 1.29 is 9.53 Å². The minimum atomic E-state index is -0.136. The highest BCUT2D eigenvalue weighted by molar-refractivity contribution is 5.88. The SMILES string of the molecule is O=C(Nc1cccnn1)N1CCC(=Cc2cccc(OCCc3ccccn3)c2)CC1. The number of carbonyl (C=O) groups excluding carboxylic acids is 1. The van der Waals surface area contributed by atoms with Gasteiger partial charge in [0.25, 0.3) is 0 Å². The van der Waals surface area contributed by atoms with Gasteiger partial charge in [-0.3, -0.25) is 10.3 Å². The quantitative estimate of drug-likeness (QED) is 0.652. The number of urea groups is 1. The normalized spacial score (nSPS) is 13.5. The summed E-state index contributed by atoms with van der Waals surface area (Å²) in [6.45, 7) is 1.95. The van der Waals surface area contributed by atoms with Gasteiger partial charge in [-0.05, 0) is 54.8 Å². The van der Waals surface area contributed by atoms with E-state index in [0.717, 1.165) is 36.3 Å². The standard InChI is InChI=1S/C24H25N5O2/c30-24(27-23-8-4-13-26-28-23)29-14-9-19(10-15-29)17-20-5-3-7-22(18-20)31-16-11-21-6-1-2-12-25-21/h1-8,12-13,17-18H,9-11,14-16H2,(H,27,28,30). The Hall–Kier alpha value is -3.74. The third-order valence-electron chi connectivity index (χ3n) is 5.08. The van der Waals surface area contributed by atoms with Crippen molar-refractivity contribution in [1.29, 1.82) is 0 Å². The molecular weight excluding hydrogens is 390 g/mol. The molecule has 0 saturated carbocycles. The molecule has 1 N–H and O–H groups in total. The number of likely N-dealkylation sites (tertiary alicyclic amines) is 1. The van der Waals surface area contributed by atoms with Gasteiger partial charge in [-0.2, -0.15) is 5.10 Å². The van der Waals surface area contributed by atoms with Crippen molar-refractivity contribution in [3.8, 4) is 5.75 Å². The lowest BCUT2D eigenvalue weighted by atomic mass is 10.0. The van der Waals surface area contributed by atoms with Crippen LogP contribution in [0.5, 0.6) is 5.75 Å². The number of hydrogen-bond donors (Lipinski definition) is 1. The maximum Gasteiger partial charge on any atom is 0.323 e. The molecule has 7 nitrogen and oxygen atoms in total. The summed E-state index contributed by atoms with van der Waals surface area (Å²) in [5.41, 5.74) is 3.47. The summed E-state index contributed by atoms with van der Waals surface area (Å²) in [7, 11) is 0. The molecule has 2 aromatic heterocycles. The van der Waals surface area contributed by atoms with Gasteiger partial charge in [0.05, 0.1) is 6.61 Å².